The van der Waals surface area contributed by atoms with Gasteiger partial charge in [0.1, 0.15) is 6.04 Å². The lowest BCUT2D eigenvalue weighted by Crippen LogP contribution is -2.56. The lowest BCUT2D eigenvalue weighted by molar-refractivity contribution is -0.152. The van der Waals surface area contributed by atoms with Crippen LogP contribution in [-0.4, -0.2) is 72.6 Å². The molecule has 2 fully saturated rings. The van der Waals surface area contributed by atoms with Crippen molar-refractivity contribution in [2.75, 3.05) is 39.8 Å². The maximum Gasteiger partial charge on any atom is 0.244 e. The second-order valence-electron chi connectivity index (χ2n) is 4.89. The molecule has 0 unspecified atom stereocenters. The highest BCUT2D eigenvalue weighted by molar-refractivity contribution is 5.88. The van der Waals surface area contributed by atoms with E-state index >= 15 is 0 Å². The number of carbonyl (C=O) groups excluding carboxylic acids is 2. The average molecular weight is 255 g/mol. The zero-order valence-corrected chi connectivity index (χ0v) is 11.1. The molecule has 6 heteroatoms. The van der Waals surface area contributed by atoms with Gasteiger partial charge in [0.15, 0.2) is 0 Å². The molecule has 0 radical (unpaired) electrons. The summed E-state index contributed by atoms with van der Waals surface area (Å²) in [6.45, 7) is 5.30. The Kier molecular flexibility index (Phi) is 4.19. The van der Waals surface area contributed by atoms with Crippen LogP contribution in [0.5, 0.6) is 0 Å². The summed E-state index contributed by atoms with van der Waals surface area (Å²) in [5, 5.41) is 1.83. The Morgan fingerprint density at radius 1 is 1.39 bits per heavy atom. The van der Waals surface area contributed by atoms with E-state index in [1.807, 2.05) is 5.06 Å². The van der Waals surface area contributed by atoms with Gasteiger partial charge in [-0.25, -0.2) is 0 Å². The highest BCUT2D eigenvalue weighted by Gasteiger charge is 2.32. The summed E-state index contributed by atoms with van der Waals surface area (Å²) in [7, 11) is 1.78. The Morgan fingerprint density at radius 3 is 2.83 bits per heavy atom. The van der Waals surface area contributed by atoms with Crippen LogP contribution in [-0.2, 0) is 14.4 Å². The summed E-state index contributed by atoms with van der Waals surface area (Å²) in [4.78, 5) is 32.6. The molecule has 0 bridgehead atoms. The van der Waals surface area contributed by atoms with E-state index < -0.39 is 0 Å². The van der Waals surface area contributed by atoms with Gasteiger partial charge in [-0.15, -0.1) is 0 Å². The van der Waals surface area contributed by atoms with Crippen molar-refractivity contribution in [3.8, 4) is 0 Å². The Morgan fingerprint density at radius 2 is 2.17 bits per heavy atom. The number of amides is 2. The molecule has 2 heterocycles. The number of likely N-dealkylation sites (N-methyl/N-ethyl adjacent to an activating group) is 1. The predicted octanol–water partition coefficient (Wildman–Crippen LogP) is -0.297. The van der Waals surface area contributed by atoms with Crippen LogP contribution in [0, 0.1) is 0 Å². The first-order valence-electron chi connectivity index (χ1n) is 6.52. The smallest absolute Gasteiger partial charge is 0.244 e. The molecule has 2 amide bonds. The first kappa shape index (κ1) is 13.3. The van der Waals surface area contributed by atoms with Crippen LogP contribution in [0.15, 0.2) is 0 Å². The lowest BCUT2D eigenvalue weighted by atomic mass is 10.1. The van der Waals surface area contributed by atoms with Gasteiger partial charge in [0, 0.05) is 39.6 Å². The maximum absolute atomic E-state index is 12.1. The molecule has 0 saturated carbocycles. The second-order valence-corrected chi connectivity index (χ2v) is 4.89. The average Bonchev–Trinajstić information content (AvgIpc) is 2.86. The Bertz CT molecular complexity index is 329. The lowest BCUT2D eigenvalue weighted by Gasteiger charge is -2.37. The predicted molar refractivity (Wildman–Crippen MR) is 65.6 cm³/mol. The van der Waals surface area contributed by atoms with E-state index in [0.717, 1.165) is 19.6 Å². The number of hydroxylamine groups is 2. The molecule has 102 valence electrons. The monoisotopic (exact) mass is 255 g/mol. The van der Waals surface area contributed by atoms with E-state index in [9.17, 15) is 9.59 Å². The number of rotatable bonds is 3. The van der Waals surface area contributed by atoms with Crippen molar-refractivity contribution in [2.45, 2.75) is 25.8 Å². The minimum Gasteiger partial charge on any atom is -0.342 e. The second kappa shape index (κ2) is 5.67. The van der Waals surface area contributed by atoms with Gasteiger partial charge >= 0.3 is 0 Å². The third kappa shape index (κ3) is 2.81. The molecular weight excluding hydrogens is 234 g/mol. The molecule has 6 nitrogen and oxygen atoms in total. The van der Waals surface area contributed by atoms with Crippen LogP contribution in [0.3, 0.4) is 0 Å². The van der Waals surface area contributed by atoms with E-state index in [-0.39, 0.29) is 17.9 Å². The van der Waals surface area contributed by atoms with Crippen LogP contribution in [0.2, 0.25) is 0 Å². The molecule has 0 aromatic carbocycles. The Hall–Kier alpha value is -1.14. The Labute approximate surface area is 107 Å². The van der Waals surface area contributed by atoms with E-state index in [1.54, 1.807) is 23.8 Å². The van der Waals surface area contributed by atoms with E-state index in [2.05, 4.69) is 0 Å². The topological polar surface area (TPSA) is 53.1 Å². The third-order valence-corrected chi connectivity index (χ3v) is 3.60. The summed E-state index contributed by atoms with van der Waals surface area (Å²) in [5.74, 6) is 0.0615. The summed E-state index contributed by atoms with van der Waals surface area (Å²) in [5.41, 5.74) is 0. The van der Waals surface area contributed by atoms with Crippen LogP contribution in [0.25, 0.3) is 0 Å². The van der Waals surface area contributed by atoms with Crippen LogP contribution < -0.4 is 0 Å². The van der Waals surface area contributed by atoms with Crippen molar-refractivity contribution in [3.05, 3.63) is 0 Å². The van der Waals surface area contributed by atoms with Crippen molar-refractivity contribution in [1.82, 2.24) is 14.9 Å². The van der Waals surface area contributed by atoms with Gasteiger partial charge in [-0.1, -0.05) is 0 Å². The van der Waals surface area contributed by atoms with Crippen molar-refractivity contribution in [3.63, 3.8) is 0 Å². The van der Waals surface area contributed by atoms with Gasteiger partial charge in [-0.2, -0.15) is 5.06 Å². The van der Waals surface area contributed by atoms with Gasteiger partial charge < -0.3 is 9.80 Å². The summed E-state index contributed by atoms with van der Waals surface area (Å²) in [6.07, 6.45) is 1.44. The summed E-state index contributed by atoms with van der Waals surface area (Å²) >= 11 is 0. The fraction of sp³-hybridized carbons (Fsp3) is 0.833. The molecular formula is C12H21N3O3. The SMILES string of the molecule is C[C@@H]1C(=O)N(C)CCN1C(=O)CCN1CCCO1. The van der Waals surface area contributed by atoms with Crippen LogP contribution in [0.4, 0.5) is 0 Å². The van der Waals surface area contributed by atoms with Crippen molar-refractivity contribution in [2.24, 2.45) is 0 Å². The van der Waals surface area contributed by atoms with E-state index in [0.29, 0.717) is 26.1 Å². The molecule has 0 N–H and O–H groups in total. The molecule has 1 atom stereocenters. The molecule has 2 aliphatic rings. The van der Waals surface area contributed by atoms with Gasteiger partial charge in [0.2, 0.25) is 11.8 Å². The minimum atomic E-state index is -0.337. The molecule has 0 aromatic heterocycles. The van der Waals surface area contributed by atoms with E-state index in [1.165, 1.54) is 0 Å². The molecule has 0 aromatic rings. The number of piperazine rings is 1. The van der Waals surface area contributed by atoms with Crippen molar-refractivity contribution < 1.29 is 14.4 Å². The van der Waals surface area contributed by atoms with Crippen LogP contribution >= 0.6 is 0 Å². The fourth-order valence-corrected chi connectivity index (χ4v) is 2.39. The van der Waals surface area contributed by atoms with Gasteiger partial charge in [0.25, 0.3) is 0 Å². The zero-order chi connectivity index (χ0) is 13.1. The molecule has 0 aliphatic carbocycles. The number of nitrogens with zero attached hydrogens (tertiary/aromatic N) is 3. The minimum absolute atomic E-state index is 0.0204. The highest BCUT2D eigenvalue weighted by atomic mass is 16.7. The van der Waals surface area contributed by atoms with Gasteiger partial charge in [-0.05, 0) is 13.3 Å². The molecule has 2 aliphatic heterocycles. The fourth-order valence-electron chi connectivity index (χ4n) is 2.39. The summed E-state index contributed by atoms with van der Waals surface area (Å²) < 4.78 is 0. The van der Waals surface area contributed by atoms with Crippen molar-refractivity contribution in [1.29, 1.82) is 0 Å². The molecule has 2 saturated heterocycles. The quantitative estimate of drug-likeness (QED) is 0.695. The van der Waals surface area contributed by atoms with E-state index in [4.69, 9.17) is 4.84 Å². The third-order valence-electron chi connectivity index (χ3n) is 3.60. The molecule has 18 heavy (non-hydrogen) atoms. The number of hydrogen-bond acceptors (Lipinski definition) is 4. The van der Waals surface area contributed by atoms with Crippen molar-refractivity contribution >= 4 is 11.8 Å². The molecule has 2 rings (SSSR count). The van der Waals surface area contributed by atoms with Crippen LogP contribution in [0.1, 0.15) is 19.8 Å². The number of hydrogen-bond donors (Lipinski definition) is 0. The largest absolute Gasteiger partial charge is 0.342 e. The first-order chi connectivity index (χ1) is 8.59. The van der Waals surface area contributed by atoms with Gasteiger partial charge in [0.05, 0.1) is 6.61 Å². The molecule has 0 spiro atoms. The Balaban J connectivity index is 1.82. The number of carbonyl (C=O) groups is 2. The highest BCUT2D eigenvalue weighted by Crippen LogP contribution is 2.12. The maximum atomic E-state index is 12.1. The first-order valence-corrected chi connectivity index (χ1v) is 6.52. The van der Waals surface area contributed by atoms with Gasteiger partial charge in [-0.3, -0.25) is 14.4 Å². The zero-order valence-electron chi connectivity index (χ0n) is 11.1. The normalized spacial score (nSPS) is 25.9. The standard InChI is InChI=1S/C12H21N3O3/c1-10-12(17)13(2)7-8-15(10)11(16)4-6-14-5-3-9-18-14/h10H,3-9H2,1-2H3/t10-/m1/s1. The summed E-state index contributed by atoms with van der Waals surface area (Å²) in [6, 6.07) is -0.337.